The Hall–Kier alpha value is -2.06. The molecule has 3 N–H and O–H groups in total. The summed E-state index contributed by atoms with van der Waals surface area (Å²) < 4.78 is 11.2. The summed E-state index contributed by atoms with van der Waals surface area (Å²) in [6.45, 7) is 2.87. The van der Waals surface area contributed by atoms with E-state index < -0.39 is 6.10 Å². The summed E-state index contributed by atoms with van der Waals surface area (Å²) in [4.78, 5) is 9.02. The summed E-state index contributed by atoms with van der Waals surface area (Å²) in [5.41, 5.74) is 0.914. The standard InChI is InChI=1S/C24H33N3O4/c28-15-21-20(22(13-23(21)29)26-14-17-7-10-30-11-8-17)12-18-6-9-25-24(27-18)16-31-19-4-2-1-3-5-19/h1-6,9,17,20-23,26,28-29H,7-8,10-16H2/t20-,21-,22-,23-/m1/s1. The monoisotopic (exact) mass is 427 g/mol. The highest BCUT2D eigenvalue weighted by Crippen LogP contribution is 2.35. The predicted octanol–water partition coefficient (Wildman–Crippen LogP) is 1.97. The van der Waals surface area contributed by atoms with Gasteiger partial charge in [-0.3, -0.25) is 0 Å². The molecule has 1 aromatic carbocycles. The second-order valence-electron chi connectivity index (χ2n) is 8.65. The van der Waals surface area contributed by atoms with E-state index in [-0.39, 0.29) is 24.5 Å². The smallest absolute Gasteiger partial charge is 0.166 e. The van der Waals surface area contributed by atoms with Gasteiger partial charge in [0.2, 0.25) is 0 Å². The van der Waals surface area contributed by atoms with Crippen molar-refractivity contribution in [3.63, 3.8) is 0 Å². The summed E-state index contributed by atoms with van der Waals surface area (Å²) >= 11 is 0. The summed E-state index contributed by atoms with van der Waals surface area (Å²) in [7, 11) is 0. The van der Waals surface area contributed by atoms with Gasteiger partial charge in [0.15, 0.2) is 5.82 Å². The van der Waals surface area contributed by atoms with E-state index in [1.54, 1.807) is 6.20 Å². The molecule has 7 nitrogen and oxygen atoms in total. The van der Waals surface area contributed by atoms with Gasteiger partial charge in [-0.05, 0) is 62.3 Å². The minimum Gasteiger partial charge on any atom is -0.486 e. The van der Waals surface area contributed by atoms with E-state index in [9.17, 15) is 10.2 Å². The molecule has 1 aliphatic carbocycles. The number of hydrogen-bond acceptors (Lipinski definition) is 7. The van der Waals surface area contributed by atoms with Crippen LogP contribution in [0.3, 0.4) is 0 Å². The maximum Gasteiger partial charge on any atom is 0.166 e. The third kappa shape index (κ3) is 6.01. The number of aliphatic hydroxyl groups excluding tert-OH is 2. The van der Waals surface area contributed by atoms with Crippen molar-refractivity contribution in [1.29, 1.82) is 0 Å². The van der Waals surface area contributed by atoms with Crippen molar-refractivity contribution in [2.75, 3.05) is 26.4 Å². The summed E-state index contributed by atoms with van der Waals surface area (Å²) in [5.74, 6) is 2.00. The molecule has 4 atom stereocenters. The zero-order chi connectivity index (χ0) is 21.5. The quantitative estimate of drug-likeness (QED) is 0.563. The van der Waals surface area contributed by atoms with Gasteiger partial charge in [-0.15, -0.1) is 0 Å². The number of aliphatic hydroxyl groups is 2. The molecule has 1 saturated heterocycles. The van der Waals surface area contributed by atoms with E-state index in [0.29, 0.717) is 31.2 Å². The lowest BCUT2D eigenvalue weighted by Gasteiger charge is -2.28. The zero-order valence-corrected chi connectivity index (χ0v) is 17.9. The van der Waals surface area contributed by atoms with Crippen LogP contribution in [0, 0.1) is 17.8 Å². The number of ether oxygens (including phenoxy) is 2. The Morgan fingerprint density at radius 3 is 2.68 bits per heavy atom. The maximum absolute atomic E-state index is 10.5. The topological polar surface area (TPSA) is 96.7 Å². The number of benzene rings is 1. The number of nitrogens with zero attached hydrogens (tertiary/aromatic N) is 2. The lowest BCUT2D eigenvalue weighted by molar-refractivity contribution is 0.0642. The van der Waals surface area contributed by atoms with E-state index >= 15 is 0 Å². The molecule has 2 aromatic rings. The van der Waals surface area contributed by atoms with Gasteiger partial charge in [0, 0.05) is 43.7 Å². The fourth-order valence-electron chi connectivity index (χ4n) is 4.78. The summed E-state index contributed by atoms with van der Waals surface area (Å²) in [6.07, 6.45) is 4.77. The fraction of sp³-hybridized carbons (Fsp3) is 0.583. The zero-order valence-electron chi connectivity index (χ0n) is 17.9. The van der Waals surface area contributed by atoms with Crippen molar-refractivity contribution in [3.05, 3.63) is 54.1 Å². The normalized spacial score (nSPS) is 26.8. The van der Waals surface area contributed by atoms with Crippen molar-refractivity contribution >= 4 is 0 Å². The Morgan fingerprint density at radius 1 is 1.10 bits per heavy atom. The van der Waals surface area contributed by atoms with Crippen LogP contribution in [-0.4, -0.2) is 58.7 Å². The van der Waals surface area contributed by atoms with Crippen molar-refractivity contribution < 1.29 is 19.7 Å². The number of aromatic nitrogens is 2. The molecule has 2 heterocycles. The van der Waals surface area contributed by atoms with Gasteiger partial charge in [-0.1, -0.05) is 18.2 Å². The van der Waals surface area contributed by atoms with Gasteiger partial charge in [-0.25, -0.2) is 9.97 Å². The van der Waals surface area contributed by atoms with Crippen LogP contribution in [0.4, 0.5) is 0 Å². The Kier molecular flexibility index (Phi) is 7.86. The average Bonchev–Trinajstić information content (AvgIpc) is 3.11. The van der Waals surface area contributed by atoms with Crippen LogP contribution in [0.1, 0.15) is 30.8 Å². The van der Waals surface area contributed by atoms with Crippen LogP contribution in [0.2, 0.25) is 0 Å². The molecule has 0 spiro atoms. The molecular weight excluding hydrogens is 394 g/mol. The van der Waals surface area contributed by atoms with Crippen LogP contribution in [0.5, 0.6) is 5.75 Å². The highest BCUT2D eigenvalue weighted by molar-refractivity contribution is 5.21. The number of rotatable bonds is 9. The minimum absolute atomic E-state index is 0.0175. The maximum atomic E-state index is 10.5. The second kappa shape index (κ2) is 11.0. The molecule has 4 rings (SSSR count). The molecule has 0 bridgehead atoms. The molecule has 1 aliphatic heterocycles. The first kappa shape index (κ1) is 22.1. The minimum atomic E-state index is -0.495. The van der Waals surface area contributed by atoms with Crippen LogP contribution >= 0.6 is 0 Å². The summed E-state index contributed by atoms with van der Waals surface area (Å²) in [5, 5.41) is 24.1. The van der Waals surface area contributed by atoms with Gasteiger partial charge in [0.1, 0.15) is 12.4 Å². The second-order valence-corrected chi connectivity index (χ2v) is 8.65. The van der Waals surface area contributed by atoms with E-state index in [0.717, 1.165) is 44.0 Å². The highest BCUT2D eigenvalue weighted by Gasteiger charge is 2.42. The number of para-hydroxylation sites is 1. The van der Waals surface area contributed by atoms with Crippen molar-refractivity contribution in [2.45, 2.75) is 44.4 Å². The first-order valence-corrected chi connectivity index (χ1v) is 11.3. The number of hydrogen-bond donors (Lipinski definition) is 3. The Morgan fingerprint density at radius 2 is 1.90 bits per heavy atom. The molecule has 2 fully saturated rings. The largest absolute Gasteiger partial charge is 0.486 e. The van der Waals surface area contributed by atoms with Crippen molar-refractivity contribution in [2.24, 2.45) is 17.8 Å². The molecule has 0 amide bonds. The van der Waals surface area contributed by atoms with E-state index in [4.69, 9.17) is 9.47 Å². The first-order chi connectivity index (χ1) is 15.2. The van der Waals surface area contributed by atoms with Gasteiger partial charge < -0.3 is 25.0 Å². The predicted molar refractivity (Wildman–Crippen MR) is 117 cm³/mol. The fourth-order valence-corrected chi connectivity index (χ4v) is 4.78. The molecule has 168 valence electrons. The summed E-state index contributed by atoms with van der Waals surface area (Å²) in [6, 6.07) is 11.7. The molecule has 2 aliphatic rings. The lowest BCUT2D eigenvalue weighted by atomic mass is 9.88. The van der Waals surface area contributed by atoms with E-state index in [2.05, 4.69) is 15.3 Å². The average molecular weight is 428 g/mol. The Balaban J connectivity index is 1.38. The molecule has 1 saturated carbocycles. The molecular formula is C24H33N3O4. The SMILES string of the molecule is OC[C@@H]1[C@@H](Cc2ccnc(COc3ccccc3)n2)[C@H](NCC2CCOCC2)C[C@H]1O. The number of nitrogens with one attached hydrogen (secondary N) is 1. The van der Waals surface area contributed by atoms with Crippen molar-refractivity contribution in [1.82, 2.24) is 15.3 Å². The molecule has 0 radical (unpaired) electrons. The lowest BCUT2D eigenvalue weighted by Crippen LogP contribution is -2.40. The van der Waals surface area contributed by atoms with Gasteiger partial charge in [0.05, 0.1) is 6.10 Å². The third-order valence-electron chi connectivity index (χ3n) is 6.60. The molecule has 1 aromatic heterocycles. The molecule has 7 heteroatoms. The van der Waals surface area contributed by atoms with E-state index in [1.165, 1.54) is 0 Å². The van der Waals surface area contributed by atoms with Gasteiger partial charge in [0.25, 0.3) is 0 Å². The van der Waals surface area contributed by atoms with Crippen LogP contribution in [0.25, 0.3) is 0 Å². The highest BCUT2D eigenvalue weighted by atomic mass is 16.5. The molecule has 0 unspecified atom stereocenters. The van der Waals surface area contributed by atoms with Crippen LogP contribution in [0.15, 0.2) is 42.6 Å². The van der Waals surface area contributed by atoms with Crippen LogP contribution in [-0.2, 0) is 17.8 Å². The van der Waals surface area contributed by atoms with E-state index in [1.807, 2.05) is 36.4 Å². The molecule has 31 heavy (non-hydrogen) atoms. The van der Waals surface area contributed by atoms with Crippen molar-refractivity contribution in [3.8, 4) is 5.75 Å². The van der Waals surface area contributed by atoms with Gasteiger partial charge in [-0.2, -0.15) is 0 Å². The first-order valence-electron chi connectivity index (χ1n) is 11.3. The Labute approximate surface area is 183 Å². The Bertz CT molecular complexity index is 800. The third-order valence-corrected chi connectivity index (χ3v) is 6.60. The van der Waals surface area contributed by atoms with Crippen LogP contribution < -0.4 is 10.1 Å². The van der Waals surface area contributed by atoms with Gasteiger partial charge >= 0.3 is 0 Å².